The maximum Gasteiger partial charge on any atom is 0.162 e. The van der Waals surface area contributed by atoms with Gasteiger partial charge in [0.25, 0.3) is 0 Å². The highest BCUT2D eigenvalue weighted by Crippen LogP contribution is 2.09. The van der Waals surface area contributed by atoms with Crippen molar-refractivity contribution in [3.63, 3.8) is 0 Å². The van der Waals surface area contributed by atoms with Gasteiger partial charge in [0.05, 0.1) is 6.10 Å². The van der Waals surface area contributed by atoms with Gasteiger partial charge < -0.3 is 18.9 Å². The largest absolute Gasteiger partial charge is 0.356 e. The number of hydrogen-bond acceptors (Lipinski definition) is 4. The second kappa shape index (κ2) is 7.26. The molecule has 0 radical (unpaired) electrons. The van der Waals surface area contributed by atoms with Crippen LogP contribution in [0.25, 0.3) is 0 Å². The third-order valence-corrected chi connectivity index (χ3v) is 1.60. The summed E-state index contributed by atoms with van der Waals surface area (Å²) in [5.74, 6) is 0. The van der Waals surface area contributed by atoms with E-state index in [0.29, 0.717) is 6.42 Å². The molecule has 0 spiro atoms. The van der Waals surface area contributed by atoms with Crippen LogP contribution in [0.4, 0.5) is 0 Å². The molecule has 0 amide bonds. The van der Waals surface area contributed by atoms with Gasteiger partial charge in [0.1, 0.15) is 0 Å². The highest BCUT2D eigenvalue weighted by Gasteiger charge is 2.16. The first-order valence-corrected chi connectivity index (χ1v) is 4.37. The van der Waals surface area contributed by atoms with Gasteiger partial charge in [-0.2, -0.15) is 0 Å². The molecule has 0 aliphatic heterocycles. The van der Waals surface area contributed by atoms with E-state index in [9.17, 15) is 0 Å². The van der Waals surface area contributed by atoms with Crippen molar-refractivity contribution in [3.05, 3.63) is 0 Å². The molecule has 0 heterocycles. The van der Waals surface area contributed by atoms with Gasteiger partial charge in [-0.15, -0.1) is 0 Å². The summed E-state index contributed by atoms with van der Waals surface area (Å²) in [6.45, 7) is 3.92. The molecule has 0 aromatic heterocycles. The van der Waals surface area contributed by atoms with Gasteiger partial charge in [-0.3, -0.25) is 0 Å². The monoisotopic (exact) mass is 192 g/mol. The lowest BCUT2D eigenvalue weighted by atomic mass is 10.4. The Labute approximate surface area is 80.1 Å². The predicted molar refractivity (Wildman–Crippen MR) is 49.4 cm³/mol. The minimum absolute atomic E-state index is 0.138. The molecule has 13 heavy (non-hydrogen) atoms. The zero-order valence-corrected chi connectivity index (χ0v) is 9.07. The van der Waals surface area contributed by atoms with E-state index in [2.05, 4.69) is 0 Å². The van der Waals surface area contributed by atoms with Crippen LogP contribution in [0, 0.1) is 0 Å². The number of hydrogen-bond donors (Lipinski definition) is 0. The lowest BCUT2D eigenvalue weighted by Crippen LogP contribution is -2.27. The summed E-state index contributed by atoms with van der Waals surface area (Å²) in [7, 11) is 4.79. The van der Waals surface area contributed by atoms with Crippen LogP contribution in [0.1, 0.15) is 20.3 Å². The van der Waals surface area contributed by atoms with Crippen molar-refractivity contribution in [2.45, 2.75) is 39.0 Å². The molecule has 0 aromatic rings. The van der Waals surface area contributed by atoms with E-state index in [1.807, 2.05) is 13.8 Å². The fourth-order valence-corrected chi connectivity index (χ4v) is 0.957. The van der Waals surface area contributed by atoms with Crippen molar-refractivity contribution in [3.8, 4) is 0 Å². The zero-order chi connectivity index (χ0) is 10.3. The molecule has 1 unspecified atom stereocenters. The van der Waals surface area contributed by atoms with Crippen LogP contribution in [0.15, 0.2) is 0 Å². The molecule has 0 rings (SSSR count). The molecule has 1 atom stereocenters. The van der Waals surface area contributed by atoms with E-state index in [1.165, 1.54) is 0 Å². The van der Waals surface area contributed by atoms with Crippen LogP contribution in [0.5, 0.6) is 0 Å². The molecule has 0 bridgehead atoms. The number of rotatable bonds is 7. The standard InChI is InChI=1S/C9H20O4/c1-7(2)13-9(12-5)6-8(10-3)11-4/h7-9H,6H2,1-5H3. The second-order valence-electron chi connectivity index (χ2n) is 2.99. The molecule has 0 saturated carbocycles. The van der Waals surface area contributed by atoms with Crippen LogP contribution in [-0.2, 0) is 18.9 Å². The smallest absolute Gasteiger partial charge is 0.162 e. The van der Waals surface area contributed by atoms with E-state index in [-0.39, 0.29) is 18.7 Å². The van der Waals surface area contributed by atoms with Crippen molar-refractivity contribution < 1.29 is 18.9 Å². The minimum atomic E-state index is -0.274. The normalized spacial score (nSPS) is 14.1. The number of methoxy groups -OCH3 is 3. The third kappa shape index (κ3) is 5.99. The first-order chi connectivity index (χ1) is 6.13. The maximum absolute atomic E-state index is 5.45. The molecular formula is C9H20O4. The Morgan fingerprint density at radius 1 is 0.846 bits per heavy atom. The van der Waals surface area contributed by atoms with Crippen molar-refractivity contribution in [1.82, 2.24) is 0 Å². The Hall–Kier alpha value is -0.160. The lowest BCUT2D eigenvalue weighted by Gasteiger charge is -2.22. The summed E-state index contributed by atoms with van der Waals surface area (Å²) >= 11 is 0. The van der Waals surface area contributed by atoms with Crippen LogP contribution >= 0.6 is 0 Å². The first kappa shape index (κ1) is 12.8. The van der Waals surface area contributed by atoms with Crippen LogP contribution in [0.3, 0.4) is 0 Å². The molecule has 4 nitrogen and oxygen atoms in total. The van der Waals surface area contributed by atoms with E-state index in [0.717, 1.165) is 0 Å². The second-order valence-corrected chi connectivity index (χ2v) is 2.99. The van der Waals surface area contributed by atoms with Gasteiger partial charge in [0, 0.05) is 27.8 Å². The first-order valence-electron chi connectivity index (χ1n) is 4.37. The summed E-state index contributed by atoms with van der Waals surface area (Å²) in [5, 5.41) is 0. The fourth-order valence-electron chi connectivity index (χ4n) is 0.957. The highest BCUT2D eigenvalue weighted by molar-refractivity contribution is 4.51. The van der Waals surface area contributed by atoms with Gasteiger partial charge >= 0.3 is 0 Å². The molecule has 0 saturated heterocycles. The predicted octanol–water partition coefficient (Wildman–Crippen LogP) is 1.39. The molecular weight excluding hydrogens is 172 g/mol. The van der Waals surface area contributed by atoms with Crippen molar-refractivity contribution in [2.75, 3.05) is 21.3 Å². The SMILES string of the molecule is COC(CC(OC)OC(C)C)OC. The summed E-state index contributed by atoms with van der Waals surface area (Å²) in [6.07, 6.45) is 0.162. The topological polar surface area (TPSA) is 36.9 Å². The lowest BCUT2D eigenvalue weighted by molar-refractivity contribution is -0.200. The Morgan fingerprint density at radius 2 is 1.31 bits per heavy atom. The molecule has 0 aromatic carbocycles. The summed E-state index contributed by atoms with van der Waals surface area (Å²) < 4.78 is 20.6. The van der Waals surface area contributed by atoms with Crippen LogP contribution in [-0.4, -0.2) is 40.0 Å². The summed E-state index contributed by atoms with van der Waals surface area (Å²) in [4.78, 5) is 0. The Bertz CT molecular complexity index is 112. The van der Waals surface area contributed by atoms with Gasteiger partial charge in [-0.05, 0) is 13.8 Å². The van der Waals surface area contributed by atoms with Gasteiger partial charge in [0.15, 0.2) is 12.6 Å². The average molecular weight is 192 g/mol. The Morgan fingerprint density at radius 3 is 1.62 bits per heavy atom. The van der Waals surface area contributed by atoms with E-state index in [1.54, 1.807) is 21.3 Å². The van der Waals surface area contributed by atoms with E-state index >= 15 is 0 Å². The van der Waals surface area contributed by atoms with Gasteiger partial charge in [-0.1, -0.05) is 0 Å². The van der Waals surface area contributed by atoms with E-state index < -0.39 is 0 Å². The van der Waals surface area contributed by atoms with Gasteiger partial charge in [0.2, 0.25) is 0 Å². The Kier molecular flexibility index (Phi) is 7.17. The molecule has 0 aliphatic rings. The minimum Gasteiger partial charge on any atom is -0.356 e. The van der Waals surface area contributed by atoms with Crippen molar-refractivity contribution >= 4 is 0 Å². The summed E-state index contributed by atoms with van der Waals surface area (Å²) in [5.41, 5.74) is 0. The van der Waals surface area contributed by atoms with Crippen LogP contribution in [0.2, 0.25) is 0 Å². The molecule has 80 valence electrons. The average Bonchev–Trinajstić information content (AvgIpc) is 2.11. The quantitative estimate of drug-likeness (QED) is 0.571. The molecule has 0 aliphatic carbocycles. The number of ether oxygens (including phenoxy) is 4. The highest BCUT2D eigenvalue weighted by atomic mass is 16.7. The molecule has 0 fully saturated rings. The molecule has 4 heteroatoms. The van der Waals surface area contributed by atoms with Gasteiger partial charge in [-0.25, -0.2) is 0 Å². The Balaban J connectivity index is 3.80. The fraction of sp³-hybridized carbons (Fsp3) is 1.00. The van der Waals surface area contributed by atoms with E-state index in [4.69, 9.17) is 18.9 Å². The van der Waals surface area contributed by atoms with Crippen molar-refractivity contribution in [2.24, 2.45) is 0 Å². The molecule has 0 N–H and O–H groups in total. The summed E-state index contributed by atoms with van der Waals surface area (Å²) in [6, 6.07) is 0. The zero-order valence-electron chi connectivity index (χ0n) is 9.07. The van der Waals surface area contributed by atoms with Crippen molar-refractivity contribution in [1.29, 1.82) is 0 Å². The third-order valence-electron chi connectivity index (χ3n) is 1.60. The van der Waals surface area contributed by atoms with Crippen LogP contribution < -0.4 is 0 Å². The maximum atomic E-state index is 5.45.